The molecule has 2 aromatic carbocycles. The Morgan fingerprint density at radius 2 is 1.90 bits per heavy atom. The van der Waals surface area contributed by atoms with Gasteiger partial charge in [-0.1, -0.05) is 41.4 Å². The van der Waals surface area contributed by atoms with E-state index in [-0.39, 0.29) is 0 Å². The van der Waals surface area contributed by atoms with Gasteiger partial charge in [-0.3, -0.25) is 0 Å². The van der Waals surface area contributed by atoms with Gasteiger partial charge in [0.1, 0.15) is 0 Å². The molecular weight excluding hydrogens is 293 g/mol. The highest BCUT2D eigenvalue weighted by atomic mass is 35.5. The van der Waals surface area contributed by atoms with Crippen LogP contribution >= 0.6 is 23.2 Å². The number of nitrogens with zero attached hydrogens (tertiary/aromatic N) is 3. The van der Waals surface area contributed by atoms with Crippen molar-refractivity contribution in [3.05, 3.63) is 63.9 Å². The summed E-state index contributed by atoms with van der Waals surface area (Å²) < 4.78 is 1.95. The fraction of sp³-hybridized carbons (Fsp3) is 0.0667. The maximum Gasteiger partial charge on any atom is 0.0995 e. The number of aromatic nitrogens is 2. The molecule has 0 amide bonds. The zero-order valence-corrected chi connectivity index (χ0v) is 11.9. The van der Waals surface area contributed by atoms with E-state index in [2.05, 4.69) is 11.1 Å². The quantitative estimate of drug-likeness (QED) is 0.709. The van der Waals surface area contributed by atoms with Crippen molar-refractivity contribution in [3.8, 4) is 6.07 Å². The molecule has 0 atom stereocenters. The van der Waals surface area contributed by atoms with E-state index in [1.807, 2.05) is 22.8 Å². The molecule has 0 bridgehead atoms. The van der Waals surface area contributed by atoms with Gasteiger partial charge in [-0.15, -0.1) is 0 Å². The predicted molar refractivity (Wildman–Crippen MR) is 80.0 cm³/mol. The molecular formula is C15H9Cl2N3. The van der Waals surface area contributed by atoms with Crippen LogP contribution in [0.3, 0.4) is 0 Å². The van der Waals surface area contributed by atoms with E-state index in [0.29, 0.717) is 22.2 Å². The molecule has 0 N–H and O–H groups in total. The van der Waals surface area contributed by atoms with E-state index in [4.69, 9.17) is 28.5 Å². The summed E-state index contributed by atoms with van der Waals surface area (Å²) in [6.07, 6.45) is 1.73. The number of hydrogen-bond donors (Lipinski definition) is 0. The second kappa shape index (κ2) is 5.16. The summed E-state index contributed by atoms with van der Waals surface area (Å²) in [7, 11) is 0. The number of halogens is 2. The van der Waals surface area contributed by atoms with Gasteiger partial charge in [0.15, 0.2) is 0 Å². The Bertz CT molecular complexity index is 831. The summed E-state index contributed by atoms with van der Waals surface area (Å²) in [5, 5.41) is 10.1. The Hall–Kier alpha value is -2.02. The average molecular weight is 302 g/mol. The topological polar surface area (TPSA) is 41.6 Å². The van der Waals surface area contributed by atoms with Crippen LogP contribution in [0, 0.1) is 11.3 Å². The molecule has 0 aliphatic heterocycles. The maximum absolute atomic E-state index is 9.13. The van der Waals surface area contributed by atoms with Crippen LogP contribution < -0.4 is 0 Å². The van der Waals surface area contributed by atoms with Gasteiger partial charge in [0.05, 0.1) is 45.6 Å². The number of benzene rings is 2. The van der Waals surface area contributed by atoms with Gasteiger partial charge in [-0.25, -0.2) is 4.98 Å². The first-order valence-corrected chi connectivity index (χ1v) is 6.72. The van der Waals surface area contributed by atoms with Gasteiger partial charge in [-0.05, 0) is 23.8 Å². The number of imidazole rings is 1. The highest BCUT2D eigenvalue weighted by Crippen LogP contribution is 2.27. The van der Waals surface area contributed by atoms with Crippen molar-refractivity contribution in [1.82, 2.24) is 9.55 Å². The van der Waals surface area contributed by atoms with Crippen LogP contribution in [0.5, 0.6) is 0 Å². The summed E-state index contributed by atoms with van der Waals surface area (Å²) in [5.41, 5.74) is 3.29. The Balaban J connectivity index is 2.08. The Morgan fingerprint density at radius 1 is 1.15 bits per heavy atom. The number of nitriles is 1. The van der Waals surface area contributed by atoms with Crippen molar-refractivity contribution in [2.24, 2.45) is 0 Å². The Kier molecular flexibility index (Phi) is 3.35. The molecule has 0 saturated carbocycles. The van der Waals surface area contributed by atoms with E-state index in [0.717, 1.165) is 16.6 Å². The lowest BCUT2D eigenvalue weighted by atomic mass is 10.1. The molecule has 98 valence electrons. The molecule has 1 heterocycles. The molecule has 0 aliphatic carbocycles. The fourth-order valence-electron chi connectivity index (χ4n) is 2.13. The molecule has 3 rings (SSSR count). The molecule has 0 fully saturated rings. The molecule has 0 aliphatic rings. The van der Waals surface area contributed by atoms with Crippen molar-refractivity contribution in [2.45, 2.75) is 6.54 Å². The van der Waals surface area contributed by atoms with Gasteiger partial charge in [0.2, 0.25) is 0 Å². The SMILES string of the molecule is N#Cc1ccccc1Cn1cnc2cc(Cl)c(Cl)cc21. The third kappa shape index (κ3) is 2.24. The van der Waals surface area contributed by atoms with Crippen LogP contribution in [0.1, 0.15) is 11.1 Å². The van der Waals surface area contributed by atoms with Crippen molar-refractivity contribution in [3.63, 3.8) is 0 Å². The smallest absolute Gasteiger partial charge is 0.0995 e. The Morgan fingerprint density at radius 3 is 2.70 bits per heavy atom. The molecule has 0 spiro atoms. The van der Waals surface area contributed by atoms with Crippen molar-refractivity contribution in [1.29, 1.82) is 5.26 Å². The van der Waals surface area contributed by atoms with Crippen molar-refractivity contribution >= 4 is 34.2 Å². The summed E-state index contributed by atoms with van der Waals surface area (Å²) in [5.74, 6) is 0. The highest BCUT2D eigenvalue weighted by Gasteiger charge is 2.09. The maximum atomic E-state index is 9.13. The van der Waals surface area contributed by atoms with Crippen molar-refractivity contribution in [2.75, 3.05) is 0 Å². The zero-order chi connectivity index (χ0) is 14.1. The molecule has 3 aromatic rings. The van der Waals surface area contributed by atoms with Gasteiger partial charge < -0.3 is 4.57 Å². The monoisotopic (exact) mass is 301 g/mol. The second-order valence-electron chi connectivity index (χ2n) is 4.40. The van der Waals surface area contributed by atoms with Crippen LogP contribution in [0.25, 0.3) is 11.0 Å². The highest BCUT2D eigenvalue weighted by molar-refractivity contribution is 6.42. The molecule has 20 heavy (non-hydrogen) atoms. The van der Waals surface area contributed by atoms with E-state index >= 15 is 0 Å². The third-order valence-electron chi connectivity index (χ3n) is 3.14. The Labute approximate surface area is 126 Å². The van der Waals surface area contributed by atoms with E-state index in [9.17, 15) is 0 Å². The normalized spacial score (nSPS) is 10.7. The molecule has 5 heteroatoms. The molecule has 0 unspecified atom stereocenters. The van der Waals surface area contributed by atoms with Gasteiger partial charge in [-0.2, -0.15) is 5.26 Å². The minimum Gasteiger partial charge on any atom is -0.326 e. The lowest BCUT2D eigenvalue weighted by Crippen LogP contribution is -2.00. The molecule has 0 radical (unpaired) electrons. The first-order valence-electron chi connectivity index (χ1n) is 5.97. The van der Waals surface area contributed by atoms with E-state index < -0.39 is 0 Å². The van der Waals surface area contributed by atoms with Crippen LogP contribution in [0.4, 0.5) is 0 Å². The average Bonchev–Trinajstić information content (AvgIpc) is 2.82. The second-order valence-corrected chi connectivity index (χ2v) is 5.21. The molecule has 1 aromatic heterocycles. The van der Waals surface area contributed by atoms with Crippen LogP contribution in [0.15, 0.2) is 42.7 Å². The summed E-state index contributed by atoms with van der Waals surface area (Å²) >= 11 is 12.0. The minimum absolute atomic E-state index is 0.488. The number of hydrogen-bond acceptors (Lipinski definition) is 2. The van der Waals surface area contributed by atoms with Crippen molar-refractivity contribution < 1.29 is 0 Å². The first kappa shape index (κ1) is 13.0. The van der Waals surface area contributed by atoms with Crippen LogP contribution in [-0.4, -0.2) is 9.55 Å². The lowest BCUT2D eigenvalue weighted by Gasteiger charge is -2.06. The largest absolute Gasteiger partial charge is 0.326 e. The minimum atomic E-state index is 0.488. The van der Waals surface area contributed by atoms with E-state index in [1.54, 1.807) is 24.5 Å². The summed E-state index contributed by atoms with van der Waals surface area (Å²) in [6.45, 7) is 0.568. The number of fused-ring (bicyclic) bond motifs is 1. The molecule has 3 nitrogen and oxygen atoms in total. The van der Waals surface area contributed by atoms with Gasteiger partial charge >= 0.3 is 0 Å². The van der Waals surface area contributed by atoms with Crippen LogP contribution in [0.2, 0.25) is 10.0 Å². The van der Waals surface area contributed by atoms with Crippen LogP contribution in [-0.2, 0) is 6.54 Å². The number of rotatable bonds is 2. The predicted octanol–water partition coefficient (Wildman–Crippen LogP) is 4.26. The molecule has 0 saturated heterocycles. The lowest BCUT2D eigenvalue weighted by molar-refractivity contribution is 0.822. The summed E-state index contributed by atoms with van der Waals surface area (Å²) in [6, 6.07) is 13.2. The van der Waals surface area contributed by atoms with Gasteiger partial charge in [0.25, 0.3) is 0 Å². The fourth-order valence-corrected chi connectivity index (χ4v) is 2.45. The third-order valence-corrected chi connectivity index (χ3v) is 3.86. The first-order chi connectivity index (χ1) is 9.69. The van der Waals surface area contributed by atoms with Gasteiger partial charge in [0, 0.05) is 0 Å². The standard InChI is InChI=1S/C15H9Cl2N3/c16-12-5-14-15(6-13(12)17)20(9-19-14)8-11-4-2-1-3-10(11)7-18/h1-6,9H,8H2. The van der Waals surface area contributed by atoms with E-state index in [1.165, 1.54) is 0 Å². The summed E-state index contributed by atoms with van der Waals surface area (Å²) in [4.78, 5) is 4.31. The zero-order valence-electron chi connectivity index (χ0n) is 10.3.